The predicted molar refractivity (Wildman–Crippen MR) is 101 cm³/mol. The van der Waals surface area contributed by atoms with E-state index in [1.54, 1.807) is 25.3 Å². The molecule has 0 saturated carbocycles. The number of nitrogens with zero attached hydrogens (tertiary/aromatic N) is 1. The fourth-order valence-corrected chi connectivity index (χ4v) is 2.85. The van der Waals surface area contributed by atoms with Crippen molar-refractivity contribution in [1.29, 1.82) is 0 Å². The average molecular weight is 349 g/mol. The minimum atomic E-state index is -0.707. The first-order valence-corrected chi connectivity index (χ1v) is 8.57. The van der Waals surface area contributed by atoms with Crippen molar-refractivity contribution >= 4 is 23.0 Å². The Morgan fingerprint density at radius 1 is 1.12 bits per heavy atom. The summed E-state index contributed by atoms with van der Waals surface area (Å²) in [7, 11) is 1.58. The second kappa shape index (κ2) is 8.81. The molecular formula is C19H25ClN2O2. The van der Waals surface area contributed by atoms with Gasteiger partial charge < -0.3 is 20.1 Å². The van der Waals surface area contributed by atoms with E-state index >= 15 is 0 Å². The van der Waals surface area contributed by atoms with Crippen molar-refractivity contribution in [1.82, 2.24) is 0 Å². The van der Waals surface area contributed by atoms with Gasteiger partial charge in [0.15, 0.2) is 0 Å². The first kappa shape index (κ1) is 18.4. The number of hydrogen-bond acceptors (Lipinski definition) is 4. The van der Waals surface area contributed by atoms with Crippen molar-refractivity contribution in [2.45, 2.75) is 20.0 Å². The molecule has 0 radical (unpaired) electrons. The molecule has 4 nitrogen and oxygen atoms in total. The molecule has 0 saturated heterocycles. The first-order chi connectivity index (χ1) is 11.6. The zero-order valence-electron chi connectivity index (χ0n) is 14.4. The summed E-state index contributed by atoms with van der Waals surface area (Å²) in [5, 5.41) is 14.3. The molecule has 1 atom stereocenters. The maximum absolute atomic E-state index is 10.4. The highest BCUT2D eigenvalue weighted by atomic mass is 35.5. The van der Waals surface area contributed by atoms with E-state index in [1.165, 1.54) is 5.69 Å². The van der Waals surface area contributed by atoms with Gasteiger partial charge in [-0.2, -0.15) is 0 Å². The highest BCUT2D eigenvalue weighted by Gasteiger charge is 2.14. The van der Waals surface area contributed by atoms with Crippen LogP contribution in [0, 0.1) is 0 Å². The molecule has 0 heterocycles. The van der Waals surface area contributed by atoms with E-state index in [4.69, 9.17) is 16.3 Å². The Bertz CT molecular complexity index is 642. The van der Waals surface area contributed by atoms with Crippen molar-refractivity contribution in [3.8, 4) is 5.75 Å². The zero-order valence-corrected chi connectivity index (χ0v) is 15.2. The lowest BCUT2D eigenvalue weighted by Gasteiger charge is -2.21. The lowest BCUT2D eigenvalue weighted by molar-refractivity contribution is 0.187. The summed E-state index contributed by atoms with van der Waals surface area (Å²) in [6.45, 7) is 6.63. The molecule has 0 unspecified atom stereocenters. The number of nitrogens with one attached hydrogen (secondary N) is 1. The molecule has 0 spiro atoms. The first-order valence-electron chi connectivity index (χ1n) is 8.19. The van der Waals surface area contributed by atoms with Crippen LogP contribution in [-0.4, -0.2) is 31.9 Å². The van der Waals surface area contributed by atoms with Gasteiger partial charge in [0.2, 0.25) is 0 Å². The molecule has 2 rings (SSSR count). The van der Waals surface area contributed by atoms with Crippen LogP contribution in [0.25, 0.3) is 0 Å². The Hall–Kier alpha value is -1.91. The zero-order chi connectivity index (χ0) is 17.5. The largest absolute Gasteiger partial charge is 0.496 e. The molecule has 2 aromatic rings. The van der Waals surface area contributed by atoms with Crippen molar-refractivity contribution in [3.63, 3.8) is 0 Å². The van der Waals surface area contributed by atoms with Crippen LogP contribution < -0.4 is 15.0 Å². The third-order valence-corrected chi connectivity index (χ3v) is 4.28. The Labute approximate surface area is 149 Å². The normalized spacial score (nSPS) is 11.9. The van der Waals surface area contributed by atoms with Gasteiger partial charge in [-0.25, -0.2) is 0 Å². The molecule has 130 valence electrons. The average Bonchev–Trinajstić information content (AvgIpc) is 2.61. The monoisotopic (exact) mass is 348 g/mol. The van der Waals surface area contributed by atoms with E-state index < -0.39 is 6.10 Å². The molecule has 0 aliphatic carbocycles. The molecule has 0 amide bonds. The number of hydrogen-bond donors (Lipinski definition) is 2. The third-order valence-electron chi connectivity index (χ3n) is 4.05. The number of anilines is 2. The number of ether oxygens (including phenoxy) is 1. The maximum Gasteiger partial charge on any atom is 0.124 e. The summed E-state index contributed by atoms with van der Waals surface area (Å²) < 4.78 is 5.29. The van der Waals surface area contributed by atoms with Crippen LogP contribution in [0.5, 0.6) is 5.75 Å². The van der Waals surface area contributed by atoms with Crippen LogP contribution in [0.1, 0.15) is 25.5 Å². The minimum absolute atomic E-state index is 0.376. The van der Waals surface area contributed by atoms with E-state index in [1.807, 2.05) is 12.1 Å². The fourth-order valence-electron chi connectivity index (χ4n) is 2.67. The minimum Gasteiger partial charge on any atom is -0.496 e. The number of methoxy groups -OCH3 is 1. The molecule has 0 aliphatic heterocycles. The molecule has 24 heavy (non-hydrogen) atoms. The Morgan fingerprint density at radius 3 is 2.38 bits per heavy atom. The molecule has 0 fully saturated rings. The third kappa shape index (κ3) is 4.56. The summed E-state index contributed by atoms with van der Waals surface area (Å²) in [6.07, 6.45) is -0.707. The van der Waals surface area contributed by atoms with Crippen LogP contribution >= 0.6 is 11.6 Å². The highest BCUT2D eigenvalue weighted by Crippen LogP contribution is 2.28. The standard InChI is InChI=1S/C19H25ClN2O2/c1-4-22(5-2)16-9-7-15(8-10-16)21-13-18(23)17-12-14(20)6-11-19(17)24-3/h6-12,18,21,23H,4-5,13H2,1-3H3/t18-/m0/s1. The van der Waals surface area contributed by atoms with Crippen LogP contribution in [0.3, 0.4) is 0 Å². The summed E-state index contributed by atoms with van der Waals surface area (Å²) in [4.78, 5) is 2.29. The van der Waals surface area contributed by atoms with E-state index in [0.717, 1.165) is 18.8 Å². The lowest BCUT2D eigenvalue weighted by atomic mass is 10.1. The quantitative estimate of drug-likeness (QED) is 0.744. The van der Waals surface area contributed by atoms with Gasteiger partial charge in [0.25, 0.3) is 0 Å². The topological polar surface area (TPSA) is 44.7 Å². The van der Waals surface area contributed by atoms with Crippen LogP contribution in [0.2, 0.25) is 5.02 Å². The predicted octanol–water partition coefficient (Wildman–Crippen LogP) is 4.34. The van der Waals surface area contributed by atoms with Crippen molar-refractivity contribution in [2.24, 2.45) is 0 Å². The molecular weight excluding hydrogens is 324 g/mol. The number of aliphatic hydroxyl groups is 1. The lowest BCUT2D eigenvalue weighted by Crippen LogP contribution is -2.21. The van der Waals surface area contributed by atoms with Gasteiger partial charge in [0.05, 0.1) is 13.2 Å². The second-order valence-electron chi connectivity index (χ2n) is 5.50. The van der Waals surface area contributed by atoms with Gasteiger partial charge in [-0.05, 0) is 56.3 Å². The van der Waals surface area contributed by atoms with E-state index in [9.17, 15) is 5.11 Å². The number of rotatable bonds is 8. The Balaban J connectivity index is 2.01. The summed E-state index contributed by atoms with van der Waals surface area (Å²) in [5.41, 5.74) is 2.84. The number of benzene rings is 2. The van der Waals surface area contributed by atoms with Gasteiger partial charge in [0, 0.05) is 41.6 Å². The van der Waals surface area contributed by atoms with Crippen molar-refractivity contribution in [2.75, 3.05) is 37.0 Å². The van der Waals surface area contributed by atoms with Gasteiger partial charge in [-0.15, -0.1) is 0 Å². The van der Waals surface area contributed by atoms with E-state index in [2.05, 4.69) is 36.2 Å². The van der Waals surface area contributed by atoms with Crippen LogP contribution in [0.4, 0.5) is 11.4 Å². The van der Waals surface area contributed by atoms with Crippen molar-refractivity contribution in [3.05, 3.63) is 53.1 Å². The van der Waals surface area contributed by atoms with Gasteiger partial charge in [-0.3, -0.25) is 0 Å². The van der Waals surface area contributed by atoms with Gasteiger partial charge in [0.1, 0.15) is 5.75 Å². The molecule has 0 bridgehead atoms. The van der Waals surface area contributed by atoms with Gasteiger partial charge >= 0.3 is 0 Å². The molecule has 2 N–H and O–H groups in total. The fraction of sp³-hybridized carbons (Fsp3) is 0.368. The molecule has 0 aliphatic rings. The van der Waals surface area contributed by atoms with Crippen LogP contribution in [0.15, 0.2) is 42.5 Å². The van der Waals surface area contributed by atoms with E-state index in [-0.39, 0.29) is 0 Å². The smallest absolute Gasteiger partial charge is 0.124 e. The second-order valence-corrected chi connectivity index (χ2v) is 5.94. The summed E-state index contributed by atoms with van der Waals surface area (Å²) in [6, 6.07) is 13.5. The number of halogens is 1. The SMILES string of the molecule is CCN(CC)c1ccc(NC[C@H](O)c2cc(Cl)ccc2OC)cc1. The Kier molecular flexibility index (Phi) is 6.76. The highest BCUT2D eigenvalue weighted by molar-refractivity contribution is 6.30. The molecule has 5 heteroatoms. The number of aliphatic hydroxyl groups excluding tert-OH is 1. The Morgan fingerprint density at radius 2 is 1.79 bits per heavy atom. The summed E-state index contributed by atoms with van der Waals surface area (Å²) >= 11 is 6.02. The van der Waals surface area contributed by atoms with Gasteiger partial charge in [-0.1, -0.05) is 11.6 Å². The van der Waals surface area contributed by atoms with E-state index in [0.29, 0.717) is 22.9 Å². The van der Waals surface area contributed by atoms with Crippen LogP contribution in [-0.2, 0) is 0 Å². The molecule has 2 aromatic carbocycles. The summed E-state index contributed by atoms with van der Waals surface area (Å²) in [5.74, 6) is 0.630. The maximum atomic E-state index is 10.4. The van der Waals surface area contributed by atoms with Crippen molar-refractivity contribution < 1.29 is 9.84 Å². The molecule has 0 aromatic heterocycles.